The minimum atomic E-state index is -0.169. The van der Waals surface area contributed by atoms with Crippen LogP contribution in [0.2, 0.25) is 0 Å². The minimum absolute atomic E-state index is 0.143. The second-order valence-corrected chi connectivity index (χ2v) is 6.43. The zero-order valence-electron chi connectivity index (χ0n) is 13.7. The number of benzene rings is 1. The third-order valence-corrected chi connectivity index (χ3v) is 4.47. The first-order valence-electron chi connectivity index (χ1n) is 8.46. The largest absolute Gasteiger partial charge is 0.490 e. The van der Waals surface area contributed by atoms with Crippen LogP contribution in [0.1, 0.15) is 59.9 Å². The molecule has 2 aromatic rings. The average Bonchev–Trinajstić information content (AvgIpc) is 3.36. The number of H-pyrrole nitrogens is 1. The van der Waals surface area contributed by atoms with Crippen molar-refractivity contribution >= 4 is 5.91 Å². The van der Waals surface area contributed by atoms with E-state index in [2.05, 4.69) is 15.5 Å². The topological polar surface area (TPSA) is 76.2 Å². The number of hydrogen-bond donors (Lipinski definition) is 2. The van der Waals surface area contributed by atoms with E-state index in [0.29, 0.717) is 24.8 Å². The number of ether oxygens (including phenoxy) is 2. The molecule has 1 fully saturated rings. The van der Waals surface area contributed by atoms with Crippen LogP contribution in [0.15, 0.2) is 24.3 Å². The van der Waals surface area contributed by atoms with Gasteiger partial charge in [-0.2, -0.15) is 5.10 Å². The first-order valence-corrected chi connectivity index (χ1v) is 8.46. The van der Waals surface area contributed by atoms with E-state index in [1.165, 1.54) is 12.8 Å². The van der Waals surface area contributed by atoms with Crippen molar-refractivity contribution in [1.29, 1.82) is 0 Å². The molecule has 2 N–H and O–H groups in total. The van der Waals surface area contributed by atoms with E-state index >= 15 is 0 Å². The molecule has 2 heterocycles. The molecule has 1 saturated carbocycles. The van der Waals surface area contributed by atoms with Crippen molar-refractivity contribution in [2.75, 3.05) is 13.2 Å². The molecule has 6 nitrogen and oxygen atoms in total. The summed E-state index contributed by atoms with van der Waals surface area (Å²) >= 11 is 0. The molecule has 1 atom stereocenters. The van der Waals surface area contributed by atoms with Gasteiger partial charge in [0.2, 0.25) is 0 Å². The lowest BCUT2D eigenvalue weighted by atomic mass is 10.1. The zero-order valence-corrected chi connectivity index (χ0v) is 13.7. The fourth-order valence-electron chi connectivity index (χ4n) is 2.86. The van der Waals surface area contributed by atoms with E-state index < -0.39 is 0 Å². The summed E-state index contributed by atoms with van der Waals surface area (Å²) in [5.41, 5.74) is 2.48. The molecule has 1 aliphatic heterocycles. The highest BCUT2D eigenvalue weighted by Gasteiger charge is 2.26. The molecule has 0 saturated heterocycles. The molecule has 1 aromatic heterocycles. The van der Waals surface area contributed by atoms with Gasteiger partial charge in [-0.15, -0.1) is 0 Å². The molecule has 2 aliphatic rings. The molecule has 0 unspecified atom stereocenters. The van der Waals surface area contributed by atoms with E-state index in [1.807, 2.05) is 31.2 Å². The molecule has 24 heavy (non-hydrogen) atoms. The number of aromatic amines is 1. The molecule has 0 radical (unpaired) electrons. The highest BCUT2D eigenvalue weighted by molar-refractivity contribution is 5.92. The number of carbonyl (C=O) groups is 1. The van der Waals surface area contributed by atoms with E-state index in [-0.39, 0.29) is 11.9 Å². The Morgan fingerprint density at radius 1 is 1.25 bits per heavy atom. The third kappa shape index (κ3) is 3.09. The van der Waals surface area contributed by atoms with Gasteiger partial charge in [0, 0.05) is 18.0 Å². The van der Waals surface area contributed by atoms with Gasteiger partial charge in [-0.1, -0.05) is 6.07 Å². The fourth-order valence-corrected chi connectivity index (χ4v) is 2.86. The molecule has 0 spiro atoms. The Morgan fingerprint density at radius 2 is 2.04 bits per heavy atom. The Bertz CT molecular complexity index is 752. The van der Waals surface area contributed by atoms with Gasteiger partial charge < -0.3 is 14.8 Å². The van der Waals surface area contributed by atoms with Crippen LogP contribution in [-0.2, 0) is 0 Å². The third-order valence-electron chi connectivity index (χ3n) is 4.47. The summed E-state index contributed by atoms with van der Waals surface area (Å²) in [4.78, 5) is 12.4. The van der Waals surface area contributed by atoms with Gasteiger partial charge >= 0.3 is 0 Å². The maximum absolute atomic E-state index is 12.4. The van der Waals surface area contributed by atoms with Gasteiger partial charge in [0.25, 0.3) is 5.91 Å². The highest BCUT2D eigenvalue weighted by atomic mass is 16.5. The van der Waals surface area contributed by atoms with Crippen molar-refractivity contribution in [1.82, 2.24) is 15.5 Å². The number of amides is 1. The van der Waals surface area contributed by atoms with Gasteiger partial charge in [-0.25, -0.2) is 0 Å². The van der Waals surface area contributed by atoms with Gasteiger partial charge in [-0.05, 0) is 43.5 Å². The van der Waals surface area contributed by atoms with Crippen LogP contribution in [-0.4, -0.2) is 29.3 Å². The normalized spacial score (nSPS) is 17.9. The van der Waals surface area contributed by atoms with Crippen molar-refractivity contribution in [2.45, 2.75) is 38.1 Å². The predicted molar refractivity (Wildman–Crippen MR) is 88.5 cm³/mol. The SMILES string of the molecule is C[C@H](NC(=O)c1cc(C2CC2)[nH]n1)c1ccc2c(c1)OCCCO2. The Kier molecular flexibility index (Phi) is 3.88. The standard InChI is InChI=1S/C18H21N3O3/c1-11(13-5-6-16-17(9-13)24-8-2-7-23-16)19-18(22)15-10-14(20-21-15)12-3-4-12/h5-6,9-12H,2-4,7-8H2,1H3,(H,19,22)(H,20,21)/t11-/m0/s1. The van der Waals surface area contributed by atoms with Crippen LogP contribution in [0, 0.1) is 0 Å². The maximum atomic E-state index is 12.4. The van der Waals surface area contributed by atoms with Gasteiger partial charge in [0.05, 0.1) is 19.3 Å². The van der Waals surface area contributed by atoms with Crippen LogP contribution < -0.4 is 14.8 Å². The molecule has 6 heteroatoms. The van der Waals surface area contributed by atoms with Crippen molar-refractivity contribution in [3.63, 3.8) is 0 Å². The van der Waals surface area contributed by atoms with Crippen LogP contribution >= 0.6 is 0 Å². The first-order chi connectivity index (χ1) is 11.7. The Labute approximate surface area is 140 Å². The summed E-state index contributed by atoms with van der Waals surface area (Å²) in [5, 5.41) is 10.1. The smallest absolute Gasteiger partial charge is 0.272 e. The molecular formula is C18H21N3O3. The number of nitrogens with zero attached hydrogens (tertiary/aromatic N) is 1. The number of aromatic nitrogens is 2. The number of carbonyl (C=O) groups excluding carboxylic acids is 1. The lowest BCUT2D eigenvalue weighted by Gasteiger charge is -2.16. The van der Waals surface area contributed by atoms with E-state index in [9.17, 15) is 4.79 Å². The molecule has 1 amide bonds. The fraction of sp³-hybridized carbons (Fsp3) is 0.444. The summed E-state index contributed by atoms with van der Waals surface area (Å²) in [7, 11) is 0. The Balaban J connectivity index is 1.45. The molecule has 1 aliphatic carbocycles. The average molecular weight is 327 g/mol. The summed E-state index contributed by atoms with van der Waals surface area (Å²) in [6, 6.07) is 7.51. The highest BCUT2D eigenvalue weighted by Crippen LogP contribution is 2.39. The molecule has 4 rings (SSSR count). The molecule has 0 bridgehead atoms. The molecule has 1 aromatic carbocycles. The lowest BCUT2D eigenvalue weighted by molar-refractivity contribution is 0.0934. The van der Waals surface area contributed by atoms with Crippen molar-refractivity contribution in [3.05, 3.63) is 41.2 Å². The van der Waals surface area contributed by atoms with E-state index in [0.717, 1.165) is 29.2 Å². The summed E-state index contributed by atoms with van der Waals surface area (Å²) in [6.07, 6.45) is 3.23. The number of rotatable bonds is 4. The number of fused-ring (bicyclic) bond motifs is 1. The van der Waals surface area contributed by atoms with Crippen LogP contribution in [0.3, 0.4) is 0 Å². The van der Waals surface area contributed by atoms with Crippen LogP contribution in [0.25, 0.3) is 0 Å². The van der Waals surface area contributed by atoms with Crippen molar-refractivity contribution in [3.8, 4) is 11.5 Å². The van der Waals surface area contributed by atoms with E-state index in [1.54, 1.807) is 0 Å². The second-order valence-electron chi connectivity index (χ2n) is 6.43. The quantitative estimate of drug-likeness (QED) is 0.905. The van der Waals surface area contributed by atoms with Crippen LogP contribution in [0.5, 0.6) is 11.5 Å². The van der Waals surface area contributed by atoms with Crippen LogP contribution in [0.4, 0.5) is 0 Å². The predicted octanol–water partition coefficient (Wildman–Crippen LogP) is 2.94. The lowest BCUT2D eigenvalue weighted by Crippen LogP contribution is -2.27. The molecular weight excluding hydrogens is 306 g/mol. The van der Waals surface area contributed by atoms with Gasteiger partial charge in [0.1, 0.15) is 5.69 Å². The summed E-state index contributed by atoms with van der Waals surface area (Å²) < 4.78 is 11.3. The minimum Gasteiger partial charge on any atom is -0.490 e. The Hall–Kier alpha value is -2.50. The second kappa shape index (κ2) is 6.19. The maximum Gasteiger partial charge on any atom is 0.272 e. The summed E-state index contributed by atoms with van der Waals surface area (Å²) in [6.45, 7) is 3.27. The monoisotopic (exact) mass is 327 g/mol. The Morgan fingerprint density at radius 3 is 2.83 bits per heavy atom. The molecule has 126 valence electrons. The van der Waals surface area contributed by atoms with Gasteiger partial charge in [-0.3, -0.25) is 9.89 Å². The number of hydrogen-bond acceptors (Lipinski definition) is 4. The van der Waals surface area contributed by atoms with Gasteiger partial charge in [0.15, 0.2) is 11.5 Å². The zero-order chi connectivity index (χ0) is 16.5. The summed E-state index contributed by atoms with van der Waals surface area (Å²) in [5.74, 6) is 1.88. The first kappa shape index (κ1) is 15.1. The number of nitrogens with one attached hydrogen (secondary N) is 2. The van der Waals surface area contributed by atoms with E-state index in [4.69, 9.17) is 9.47 Å². The van der Waals surface area contributed by atoms with Crippen molar-refractivity contribution in [2.24, 2.45) is 0 Å². The van der Waals surface area contributed by atoms with Crippen molar-refractivity contribution < 1.29 is 14.3 Å².